The molecule has 0 atom stereocenters. The van der Waals surface area contributed by atoms with Crippen molar-refractivity contribution in [3.63, 3.8) is 0 Å². The summed E-state index contributed by atoms with van der Waals surface area (Å²) in [7, 11) is 0. The summed E-state index contributed by atoms with van der Waals surface area (Å²) in [5.41, 5.74) is 6.77. The van der Waals surface area contributed by atoms with Crippen LogP contribution >= 0.6 is 0 Å². The minimum atomic E-state index is 0.657. The molecule has 0 fully saturated rings. The fraction of sp³-hybridized carbons (Fsp3) is 0.667. The van der Waals surface area contributed by atoms with Crippen LogP contribution in [0, 0.1) is 17.8 Å². The first-order valence-electron chi connectivity index (χ1n) is 29.5. The van der Waals surface area contributed by atoms with Crippen molar-refractivity contribution in [1.82, 2.24) is 0 Å². The second kappa shape index (κ2) is 109. The van der Waals surface area contributed by atoms with E-state index in [1.54, 1.807) is 0 Å². The van der Waals surface area contributed by atoms with E-state index in [2.05, 4.69) is 284 Å². The summed E-state index contributed by atoms with van der Waals surface area (Å²) in [4.78, 5) is 0. The molecule has 0 aromatic carbocycles. The van der Waals surface area contributed by atoms with Gasteiger partial charge in [-0.3, -0.25) is 0 Å². The third-order valence-corrected chi connectivity index (χ3v) is 8.90. The highest BCUT2D eigenvalue weighted by molar-refractivity contribution is 4.93. The fourth-order valence-electron chi connectivity index (χ4n) is 3.74. The molecule has 0 heteroatoms. The van der Waals surface area contributed by atoms with Crippen molar-refractivity contribution in [3.05, 3.63) is 145 Å². The van der Waals surface area contributed by atoms with Crippen molar-refractivity contribution in [1.29, 1.82) is 0 Å². The van der Waals surface area contributed by atoms with Crippen molar-refractivity contribution >= 4 is 0 Å². The molecule has 72 heavy (non-hydrogen) atoms. The van der Waals surface area contributed by atoms with Crippen LogP contribution in [0.25, 0.3) is 0 Å². The lowest BCUT2D eigenvalue weighted by atomic mass is 10.1. The minimum Gasteiger partial charge on any atom is -0.103 e. The van der Waals surface area contributed by atoms with Crippen LogP contribution in [-0.2, 0) is 0 Å². The Morgan fingerprint density at radius 3 is 0.819 bits per heavy atom. The predicted octanol–water partition coefficient (Wildman–Crippen LogP) is 27.9. The van der Waals surface area contributed by atoms with Crippen LogP contribution in [0.4, 0.5) is 0 Å². The van der Waals surface area contributed by atoms with E-state index in [9.17, 15) is 0 Å². The Morgan fingerprint density at radius 1 is 0.431 bits per heavy atom. The van der Waals surface area contributed by atoms with Crippen molar-refractivity contribution in [2.75, 3.05) is 0 Å². The molecular formula is C72H144. The van der Waals surface area contributed by atoms with Crippen molar-refractivity contribution in [3.8, 4) is 0 Å². The Bertz CT molecular complexity index is 1090. The monoisotopic (exact) mass is 1010 g/mol. The van der Waals surface area contributed by atoms with Crippen LogP contribution < -0.4 is 0 Å². The first-order valence-corrected chi connectivity index (χ1v) is 29.5. The highest BCUT2D eigenvalue weighted by Gasteiger charge is 1.87. The Balaban J connectivity index is -0.0000000545. The molecule has 0 heterocycles. The third kappa shape index (κ3) is 225. The molecule has 0 saturated heterocycles. The molecule has 0 aromatic rings. The van der Waals surface area contributed by atoms with E-state index in [4.69, 9.17) is 0 Å². The second-order valence-electron chi connectivity index (χ2n) is 18.6. The molecule has 0 aliphatic rings. The van der Waals surface area contributed by atoms with Crippen LogP contribution in [0.1, 0.15) is 303 Å². The molecule has 0 N–H and O–H groups in total. The summed E-state index contributed by atoms with van der Waals surface area (Å²) in [6.45, 7) is 74.4. The molecule has 0 rings (SSSR count). The zero-order valence-corrected chi connectivity index (χ0v) is 55.7. The lowest BCUT2D eigenvalue weighted by molar-refractivity contribution is 0.773. The molecule has 0 amide bonds. The van der Waals surface area contributed by atoms with Gasteiger partial charge in [0.25, 0.3) is 0 Å². The molecule has 0 aromatic heterocycles. The van der Waals surface area contributed by atoms with Gasteiger partial charge in [-0.15, -0.1) is 13.2 Å². The van der Waals surface area contributed by atoms with Gasteiger partial charge in [0.1, 0.15) is 0 Å². The number of rotatable bonds is 20. The smallest absolute Gasteiger partial charge is 0.0266 e. The van der Waals surface area contributed by atoms with Crippen molar-refractivity contribution in [2.45, 2.75) is 303 Å². The molecule has 0 unspecified atom stereocenters. The quantitative estimate of drug-likeness (QED) is 0.0842. The summed E-state index contributed by atoms with van der Waals surface area (Å²) < 4.78 is 0. The zero-order chi connectivity index (χ0) is 59.2. The van der Waals surface area contributed by atoms with E-state index in [1.165, 1.54) is 124 Å². The molecule has 0 bridgehead atoms. The van der Waals surface area contributed by atoms with Crippen LogP contribution in [-0.4, -0.2) is 0 Å². The number of allylic oxidation sites excluding steroid dienone is 20. The van der Waals surface area contributed by atoms with Gasteiger partial charge < -0.3 is 0 Å². The van der Waals surface area contributed by atoms with Gasteiger partial charge in [-0.25, -0.2) is 0 Å². The third-order valence-electron chi connectivity index (χ3n) is 8.90. The normalized spacial score (nSPS) is 9.85. The number of hydrogen-bond donors (Lipinski definition) is 0. The van der Waals surface area contributed by atoms with Crippen LogP contribution in [0.2, 0.25) is 0 Å². The lowest BCUT2D eigenvalue weighted by Crippen LogP contribution is -1.83. The van der Waals surface area contributed by atoms with E-state index in [0.29, 0.717) is 5.92 Å². The van der Waals surface area contributed by atoms with Crippen LogP contribution in [0.3, 0.4) is 0 Å². The number of hydrogen-bond acceptors (Lipinski definition) is 0. The van der Waals surface area contributed by atoms with E-state index in [1.807, 2.05) is 26.8 Å². The maximum atomic E-state index is 3.79. The second-order valence-corrected chi connectivity index (χ2v) is 18.6. The first kappa shape index (κ1) is 98.1. The highest BCUT2D eigenvalue weighted by Crippen LogP contribution is 2.02. The van der Waals surface area contributed by atoms with Crippen molar-refractivity contribution < 1.29 is 0 Å². The molecule has 0 spiro atoms. The highest BCUT2D eigenvalue weighted by atomic mass is 13.9. The summed E-state index contributed by atoms with van der Waals surface area (Å²) in [5.74, 6) is 2.09. The first-order chi connectivity index (χ1) is 33.9. The molecule has 0 aliphatic heterocycles. The Morgan fingerprint density at radius 2 is 0.778 bits per heavy atom. The van der Waals surface area contributed by atoms with E-state index in [0.717, 1.165) is 24.7 Å². The van der Waals surface area contributed by atoms with Gasteiger partial charge in [0.05, 0.1) is 0 Å². The predicted molar refractivity (Wildman–Crippen MR) is 356 cm³/mol. The molecular weight excluding hydrogens is 865 g/mol. The maximum absolute atomic E-state index is 3.79. The molecule has 0 radical (unpaired) electrons. The largest absolute Gasteiger partial charge is 0.103 e. The number of unbranched alkanes of at least 4 members (excludes halogenated alkanes) is 4. The summed E-state index contributed by atoms with van der Waals surface area (Å²) in [5, 5.41) is 0. The molecule has 432 valence electrons. The summed E-state index contributed by atoms with van der Waals surface area (Å²) in [6, 6.07) is 0. The van der Waals surface area contributed by atoms with Gasteiger partial charge in [-0.2, -0.15) is 0 Å². The van der Waals surface area contributed by atoms with E-state index in [-0.39, 0.29) is 0 Å². The van der Waals surface area contributed by atoms with Crippen LogP contribution in [0.15, 0.2) is 145 Å². The Kier molecular flexibility index (Phi) is 148. The SMILES string of the molecule is C/C=C(\C)CC.C/C=C/C(C)C.C/C=C/CCC.C/C=C\C(C)C.C/C=C\CCC.C=C(C)C(C)C.C=C(C)CCC.C=C(CC)CC.C=CCCCC.CC/C=C/CC.CC/C=C\CC.CCC=C(C)C. The van der Waals surface area contributed by atoms with Gasteiger partial charge in [0.15, 0.2) is 0 Å². The standard InChI is InChI=1S/12C6H12/c1-5(2)6(3)4;4*1-4-5-6(2)3;2*1-4-6(3)5-2;5*1-3-5-6-4-2/h6H,1H2,2-4H3;5H,4H2,1-3H3;2*4-6H,1-3H3;2,4-5H2,1,3H3;4H,5H2,1-3H3;3-5H2,1-2H3;2*5-6H,3-4H2,1-2H3;2*3,5H,4,6H2,1-2H3;3H,1,4-6H2,2H3/b;;5-4+;5-4-;;6-4+;;6-5+;6-5-;5-3+;5-3-;. The molecule has 0 nitrogen and oxygen atoms in total. The minimum absolute atomic E-state index is 0.657. The van der Waals surface area contributed by atoms with Crippen molar-refractivity contribution in [2.24, 2.45) is 17.8 Å². The Hall–Kier alpha value is -3.12. The molecule has 0 saturated carbocycles. The summed E-state index contributed by atoms with van der Waals surface area (Å²) in [6.07, 6.45) is 52.5. The van der Waals surface area contributed by atoms with Crippen LogP contribution in [0.5, 0.6) is 0 Å². The van der Waals surface area contributed by atoms with Gasteiger partial charge in [-0.05, 0) is 164 Å². The van der Waals surface area contributed by atoms with Gasteiger partial charge >= 0.3 is 0 Å². The summed E-state index contributed by atoms with van der Waals surface area (Å²) >= 11 is 0. The van der Waals surface area contributed by atoms with Gasteiger partial charge in [0, 0.05) is 0 Å². The fourth-order valence-corrected chi connectivity index (χ4v) is 3.74. The maximum Gasteiger partial charge on any atom is -0.0266 e. The lowest BCUT2D eigenvalue weighted by Gasteiger charge is -1.97. The topological polar surface area (TPSA) is 0 Å². The average molecular weight is 1010 g/mol. The van der Waals surface area contributed by atoms with Gasteiger partial charge in [-0.1, -0.05) is 289 Å². The zero-order valence-electron chi connectivity index (χ0n) is 55.7. The Labute approximate surface area is 463 Å². The molecule has 0 aliphatic carbocycles. The van der Waals surface area contributed by atoms with E-state index < -0.39 is 0 Å². The van der Waals surface area contributed by atoms with E-state index >= 15 is 0 Å². The average Bonchev–Trinajstić information content (AvgIpc) is 3.34. The van der Waals surface area contributed by atoms with Gasteiger partial charge in [0.2, 0.25) is 0 Å².